The zero-order valence-corrected chi connectivity index (χ0v) is 17.9. The van der Waals surface area contributed by atoms with E-state index in [2.05, 4.69) is 10.3 Å². The molecule has 1 aliphatic heterocycles. The molecule has 3 N–H and O–H groups in total. The molecule has 0 unspecified atom stereocenters. The number of ether oxygens (including phenoxy) is 1. The van der Waals surface area contributed by atoms with E-state index in [-0.39, 0.29) is 31.3 Å². The first-order chi connectivity index (χ1) is 14.9. The van der Waals surface area contributed by atoms with Crippen LogP contribution >= 0.6 is 22.9 Å². The van der Waals surface area contributed by atoms with Gasteiger partial charge >= 0.3 is 6.03 Å². The summed E-state index contributed by atoms with van der Waals surface area (Å²) in [6, 6.07) is 8.82. The van der Waals surface area contributed by atoms with Crippen molar-refractivity contribution in [2.75, 3.05) is 48.8 Å². The lowest BCUT2D eigenvalue weighted by Crippen LogP contribution is -2.47. The molecule has 8 nitrogen and oxygen atoms in total. The van der Waals surface area contributed by atoms with Crippen molar-refractivity contribution in [3.63, 3.8) is 0 Å². The smallest absolute Gasteiger partial charge is 0.326 e. The standard InChI is InChI=1S/C20H19ClFN5O3S/c21-12-1-3-13(4-2-12)24-20(29)27(6-5-26-7-8-30-11-18(26)28)16-10-17-15(9-14(16)22)25-19(23)31-17/h1-4,9-10H,5-8,11H2,(H2,23,25)(H,24,29). The summed E-state index contributed by atoms with van der Waals surface area (Å²) in [5, 5.41) is 3.58. The van der Waals surface area contributed by atoms with Gasteiger partial charge in [-0.1, -0.05) is 22.9 Å². The summed E-state index contributed by atoms with van der Waals surface area (Å²) in [5.41, 5.74) is 6.74. The highest BCUT2D eigenvalue weighted by atomic mass is 35.5. The number of hydrogen-bond acceptors (Lipinski definition) is 6. The van der Waals surface area contributed by atoms with Crippen molar-refractivity contribution in [3.05, 3.63) is 47.2 Å². The van der Waals surface area contributed by atoms with Crippen molar-refractivity contribution in [3.8, 4) is 0 Å². The van der Waals surface area contributed by atoms with Gasteiger partial charge in [-0.2, -0.15) is 0 Å². The number of anilines is 3. The molecule has 0 spiro atoms. The molecule has 1 saturated heterocycles. The van der Waals surface area contributed by atoms with Crippen molar-refractivity contribution >= 4 is 61.6 Å². The van der Waals surface area contributed by atoms with E-state index in [1.54, 1.807) is 35.2 Å². The Morgan fingerprint density at radius 3 is 2.87 bits per heavy atom. The number of amides is 3. The van der Waals surface area contributed by atoms with Gasteiger partial charge in [0.1, 0.15) is 12.4 Å². The molecule has 0 atom stereocenters. The molecule has 0 bridgehead atoms. The van der Waals surface area contributed by atoms with Crippen LogP contribution in [-0.2, 0) is 9.53 Å². The van der Waals surface area contributed by atoms with Crippen molar-refractivity contribution in [2.45, 2.75) is 0 Å². The fourth-order valence-electron chi connectivity index (χ4n) is 3.23. The summed E-state index contributed by atoms with van der Waals surface area (Å²) >= 11 is 7.10. The lowest BCUT2D eigenvalue weighted by molar-refractivity contribution is -0.142. The zero-order valence-electron chi connectivity index (χ0n) is 16.3. The molecular weight excluding hydrogens is 445 g/mol. The van der Waals surface area contributed by atoms with Gasteiger partial charge in [-0.15, -0.1) is 0 Å². The third-order valence-electron chi connectivity index (χ3n) is 4.78. The number of rotatable bonds is 5. The average molecular weight is 464 g/mol. The number of benzene rings is 2. The number of nitrogens with two attached hydrogens (primary N) is 1. The number of urea groups is 1. The highest BCUT2D eigenvalue weighted by molar-refractivity contribution is 7.22. The molecule has 162 valence electrons. The summed E-state index contributed by atoms with van der Waals surface area (Å²) in [4.78, 5) is 32.1. The minimum atomic E-state index is -0.614. The number of nitrogens with one attached hydrogen (secondary N) is 1. The Hall–Kier alpha value is -2.95. The molecule has 1 fully saturated rings. The number of morpholine rings is 1. The number of halogens is 2. The second-order valence-electron chi connectivity index (χ2n) is 6.85. The minimum Gasteiger partial charge on any atom is -0.375 e. The third kappa shape index (κ3) is 4.87. The fourth-order valence-corrected chi connectivity index (χ4v) is 4.10. The lowest BCUT2D eigenvalue weighted by atomic mass is 10.2. The second-order valence-corrected chi connectivity index (χ2v) is 8.34. The van der Waals surface area contributed by atoms with Crippen LogP contribution in [0.4, 0.5) is 25.7 Å². The van der Waals surface area contributed by atoms with Crippen LogP contribution in [0.2, 0.25) is 5.02 Å². The van der Waals surface area contributed by atoms with E-state index < -0.39 is 11.8 Å². The van der Waals surface area contributed by atoms with Gasteiger partial charge < -0.3 is 20.7 Å². The van der Waals surface area contributed by atoms with Gasteiger partial charge in [-0.25, -0.2) is 14.2 Å². The predicted octanol–water partition coefficient (Wildman–Crippen LogP) is 3.57. The molecule has 0 saturated carbocycles. The highest BCUT2D eigenvalue weighted by Gasteiger charge is 2.24. The Kier molecular flexibility index (Phi) is 6.21. The van der Waals surface area contributed by atoms with E-state index in [1.807, 2.05) is 0 Å². The van der Waals surface area contributed by atoms with Gasteiger partial charge in [0.25, 0.3) is 0 Å². The SMILES string of the molecule is Nc1nc2cc(F)c(N(CCN3CCOCC3=O)C(=O)Nc3ccc(Cl)cc3)cc2s1. The van der Waals surface area contributed by atoms with Crippen molar-refractivity contribution < 1.29 is 18.7 Å². The highest BCUT2D eigenvalue weighted by Crippen LogP contribution is 2.31. The van der Waals surface area contributed by atoms with Gasteiger partial charge in [0.2, 0.25) is 5.91 Å². The molecule has 1 aromatic heterocycles. The Bertz CT molecular complexity index is 1120. The number of nitrogen functional groups attached to an aromatic ring is 1. The number of aromatic nitrogens is 1. The molecule has 11 heteroatoms. The quantitative estimate of drug-likeness (QED) is 0.602. The first kappa shape index (κ1) is 21.3. The molecule has 4 rings (SSSR count). The van der Waals surface area contributed by atoms with E-state index in [9.17, 15) is 14.0 Å². The van der Waals surface area contributed by atoms with Gasteiger partial charge in [0.15, 0.2) is 5.13 Å². The summed E-state index contributed by atoms with van der Waals surface area (Å²) in [7, 11) is 0. The van der Waals surface area contributed by atoms with E-state index in [0.29, 0.717) is 39.2 Å². The van der Waals surface area contributed by atoms with Crippen LogP contribution in [-0.4, -0.2) is 54.7 Å². The summed E-state index contributed by atoms with van der Waals surface area (Å²) < 4.78 is 20.7. The van der Waals surface area contributed by atoms with Crippen LogP contribution in [0.25, 0.3) is 10.2 Å². The molecule has 0 aliphatic carbocycles. The van der Waals surface area contributed by atoms with Crippen LogP contribution in [0, 0.1) is 5.82 Å². The van der Waals surface area contributed by atoms with Crippen LogP contribution in [0.1, 0.15) is 0 Å². The maximum absolute atomic E-state index is 15.0. The van der Waals surface area contributed by atoms with Crippen molar-refractivity contribution in [1.82, 2.24) is 9.88 Å². The summed E-state index contributed by atoms with van der Waals surface area (Å²) in [5.74, 6) is -0.784. The largest absolute Gasteiger partial charge is 0.375 e. The van der Waals surface area contributed by atoms with E-state index in [0.717, 1.165) is 0 Å². The van der Waals surface area contributed by atoms with Crippen LogP contribution < -0.4 is 16.0 Å². The molecule has 3 amide bonds. The van der Waals surface area contributed by atoms with Gasteiger partial charge in [0.05, 0.1) is 22.5 Å². The molecule has 3 aromatic rings. The number of carbonyl (C=O) groups is 2. The second kappa shape index (κ2) is 9.04. The number of carbonyl (C=O) groups excluding carboxylic acids is 2. The molecule has 1 aliphatic rings. The predicted molar refractivity (Wildman–Crippen MR) is 119 cm³/mol. The first-order valence-corrected chi connectivity index (χ1v) is 10.7. The lowest BCUT2D eigenvalue weighted by Gasteiger charge is -2.30. The Morgan fingerprint density at radius 1 is 1.35 bits per heavy atom. The maximum Gasteiger partial charge on any atom is 0.326 e. The fraction of sp³-hybridized carbons (Fsp3) is 0.250. The van der Waals surface area contributed by atoms with E-state index >= 15 is 0 Å². The van der Waals surface area contributed by atoms with Crippen molar-refractivity contribution in [2.24, 2.45) is 0 Å². The number of hydrogen-bond donors (Lipinski definition) is 2. The normalized spacial score (nSPS) is 14.1. The topological polar surface area (TPSA) is 101 Å². The average Bonchev–Trinajstić information content (AvgIpc) is 3.10. The van der Waals surface area contributed by atoms with Gasteiger partial charge in [0, 0.05) is 36.4 Å². The van der Waals surface area contributed by atoms with E-state index in [1.165, 1.54) is 22.3 Å². The molecule has 0 radical (unpaired) electrons. The summed E-state index contributed by atoms with van der Waals surface area (Å²) in [6.07, 6.45) is 0. The molecule has 2 aromatic carbocycles. The number of nitrogens with zero attached hydrogens (tertiary/aromatic N) is 3. The van der Waals surface area contributed by atoms with Crippen LogP contribution in [0.3, 0.4) is 0 Å². The maximum atomic E-state index is 15.0. The minimum absolute atomic E-state index is 0.00255. The Labute approximate surface area is 186 Å². The molecule has 2 heterocycles. The van der Waals surface area contributed by atoms with Crippen LogP contribution in [0.5, 0.6) is 0 Å². The third-order valence-corrected chi connectivity index (χ3v) is 5.88. The molecule has 31 heavy (non-hydrogen) atoms. The Balaban J connectivity index is 1.62. The Morgan fingerprint density at radius 2 is 2.13 bits per heavy atom. The first-order valence-electron chi connectivity index (χ1n) is 9.46. The van der Waals surface area contributed by atoms with Gasteiger partial charge in [-0.05, 0) is 30.3 Å². The van der Waals surface area contributed by atoms with E-state index in [4.69, 9.17) is 22.1 Å². The molecular formula is C20H19ClFN5O3S. The number of fused-ring (bicyclic) bond motifs is 1. The van der Waals surface area contributed by atoms with Crippen molar-refractivity contribution in [1.29, 1.82) is 0 Å². The van der Waals surface area contributed by atoms with Gasteiger partial charge in [-0.3, -0.25) is 9.69 Å². The number of thiazole rings is 1. The van der Waals surface area contributed by atoms with Crippen LogP contribution in [0.15, 0.2) is 36.4 Å². The monoisotopic (exact) mass is 463 g/mol. The zero-order chi connectivity index (χ0) is 22.0. The summed E-state index contributed by atoms with van der Waals surface area (Å²) in [6.45, 7) is 1.15.